The molecule has 0 aliphatic carbocycles. The van der Waals surface area contributed by atoms with Gasteiger partial charge in [-0.05, 0) is 29.8 Å². The van der Waals surface area contributed by atoms with Crippen LogP contribution in [0.1, 0.15) is 28.4 Å². The third-order valence-electron chi connectivity index (χ3n) is 4.13. The van der Waals surface area contributed by atoms with Crippen LogP contribution < -0.4 is 15.7 Å². The Labute approximate surface area is 160 Å². The van der Waals surface area contributed by atoms with E-state index in [4.69, 9.17) is 13.9 Å². The Morgan fingerprint density at radius 1 is 1.07 bits per heavy atom. The summed E-state index contributed by atoms with van der Waals surface area (Å²) in [7, 11) is 1.52. The quantitative estimate of drug-likeness (QED) is 0.521. The minimum atomic E-state index is -0.533. The average molecular weight is 381 g/mol. The van der Waals surface area contributed by atoms with Gasteiger partial charge in [0.05, 0.1) is 12.7 Å². The molecule has 3 aromatic rings. The monoisotopic (exact) mass is 381 g/mol. The molecule has 1 aromatic heterocycles. The molecule has 0 bridgehead atoms. The summed E-state index contributed by atoms with van der Waals surface area (Å²) in [4.78, 5) is 35.0. The Morgan fingerprint density at radius 3 is 2.50 bits per heavy atom. The third kappa shape index (κ3) is 4.56. The number of nitrogens with one attached hydrogen (secondary N) is 1. The molecule has 0 radical (unpaired) electrons. The second-order valence-electron chi connectivity index (χ2n) is 6.14. The summed E-state index contributed by atoms with van der Waals surface area (Å²) in [5, 5.41) is 3.35. The zero-order valence-electron chi connectivity index (χ0n) is 15.5. The number of hydrogen-bond acceptors (Lipinski definition) is 6. The lowest BCUT2D eigenvalue weighted by molar-refractivity contribution is -0.119. The van der Waals surface area contributed by atoms with Crippen molar-refractivity contribution in [2.75, 3.05) is 7.11 Å². The van der Waals surface area contributed by atoms with E-state index in [0.29, 0.717) is 34.4 Å². The molecule has 0 saturated carbocycles. The molecule has 0 atom stereocenters. The van der Waals surface area contributed by atoms with Crippen LogP contribution in [-0.2, 0) is 22.7 Å². The van der Waals surface area contributed by atoms with Crippen molar-refractivity contribution in [1.82, 2.24) is 5.32 Å². The number of methoxy groups -OCH3 is 1. The van der Waals surface area contributed by atoms with Crippen LogP contribution in [0.4, 0.5) is 0 Å². The van der Waals surface area contributed by atoms with E-state index in [1.54, 1.807) is 42.5 Å². The van der Waals surface area contributed by atoms with E-state index < -0.39 is 11.6 Å². The van der Waals surface area contributed by atoms with Gasteiger partial charge in [0, 0.05) is 36.6 Å². The van der Waals surface area contributed by atoms with Gasteiger partial charge in [-0.15, -0.1) is 0 Å². The normalized spacial score (nSPS) is 10.5. The predicted octanol–water partition coefficient (Wildman–Crippen LogP) is 2.79. The molecule has 144 valence electrons. The van der Waals surface area contributed by atoms with Gasteiger partial charge in [0.2, 0.25) is 5.91 Å². The maximum Gasteiger partial charge on any atom is 0.338 e. The van der Waals surface area contributed by atoms with Gasteiger partial charge in [-0.25, -0.2) is 9.59 Å². The van der Waals surface area contributed by atoms with E-state index in [2.05, 4.69) is 5.32 Å². The van der Waals surface area contributed by atoms with Gasteiger partial charge in [-0.3, -0.25) is 4.79 Å². The Morgan fingerprint density at radius 2 is 1.82 bits per heavy atom. The highest BCUT2D eigenvalue weighted by Gasteiger charge is 2.11. The predicted molar refractivity (Wildman–Crippen MR) is 102 cm³/mol. The minimum absolute atomic E-state index is 0.0685. The minimum Gasteiger partial charge on any atom is -0.497 e. The highest BCUT2D eigenvalue weighted by atomic mass is 16.5. The molecule has 7 nitrogen and oxygen atoms in total. The Bertz CT molecular complexity index is 1070. The number of esters is 1. The van der Waals surface area contributed by atoms with Crippen molar-refractivity contribution in [2.24, 2.45) is 0 Å². The standard InChI is InChI=1S/C21H19NO6/c1-13(23)22-11-14-3-5-15(6-4-14)21(25)27-12-16-9-20(24)28-19-10-17(26-2)7-8-18(16)19/h3-10H,11-12H2,1-2H3,(H,22,23). The molecule has 1 N–H and O–H groups in total. The Balaban J connectivity index is 1.72. The van der Waals surface area contributed by atoms with Gasteiger partial charge in [0.25, 0.3) is 0 Å². The zero-order chi connectivity index (χ0) is 20.1. The first-order chi connectivity index (χ1) is 13.5. The largest absolute Gasteiger partial charge is 0.497 e. The molecule has 1 amide bonds. The van der Waals surface area contributed by atoms with Crippen LogP contribution in [0, 0.1) is 0 Å². The number of rotatable bonds is 6. The number of ether oxygens (including phenoxy) is 2. The van der Waals surface area contributed by atoms with Crippen molar-refractivity contribution in [3.8, 4) is 5.75 Å². The Hall–Kier alpha value is -3.61. The van der Waals surface area contributed by atoms with Gasteiger partial charge in [-0.2, -0.15) is 0 Å². The molecule has 0 unspecified atom stereocenters. The topological polar surface area (TPSA) is 94.8 Å². The van der Waals surface area contributed by atoms with Crippen LogP contribution in [-0.4, -0.2) is 19.0 Å². The second kappa shape index (κ2) is 8.39. The summed E-state index contributed by atoms with van der Waals surface area (Å²) in [6.45, 7) is 1.76. The van der Waals surface area contributed by atoms with Gasteiger partial charge < -0.3 is 19.2 Å². The van der Waals surface area contributed by atoms with Gasteiger partial charge in [0.1, 0.15) is 17.9 Å². The lowest BCUT2D eigenvalue weighted by atomic mass is 10.1. The molecule has 0 spiro atoms. The fourth-order valence-electron chi connectivity index (χ4n) is 2.67. The number of carbonyl (C=O) groups is 2. The van der Waals surface area contributed by atoms with Crippen molar-refractivity contribution < 1.29 is 23.5 Å². The number of carbonyl (C=O) groups excluding carboxylic acids is 2. The van der Waals surface area contributed by atoms with Crippen molar-refractivity contribution in [2.45, 2.75) is 20.1 Å². The van der Waals surface area contributed by atoms with Crippen LogP contribution in [0.3, 0.4) is 0 Å². The summed E-state index contributed by atoms with van der Waals surface area (Å²) >= 11 is 0. The lowest BCUT2D eigenvalue weighted by Gasteiger charge is -2.09. The highest BCUT2D eigenvalue weighted by Crippen LogP contribution is 2.23. The average Bonchev–Trinajstić information content (AvgIpc) is 2.69. The first kappa shape index (κ1) is 19.2. The van der Waals surface area contributed by atoms with Crippen LogP contribution in [0.15, 0.2) is 57.7 Å². The smallest absolute Gasteiger partial charge is 0.338 e. The fraction of sp³-hybridized carbons (Fsp3) is 0.190. The molecular weight excluding hydrogens is 362 g/mol. The summed E-state index contributed by atoms with van der Waals surface area (Å²) in [6, 6.07) is 13.1. The fourth-order valence-corrected chi connectivity index (χ4v) is 2.67. The van der Waals surface area contributed by atoms with E-state index in [-0.39, 0.29) is 12.5 Å². The summed E-state index contributed by atoms with van der Waals surface area (Å²) in [5.74, 6) is -0.0780. The number of benzene rings is 2. The van der Waals surface area contributed by atoms with Crippen LogP contribution in [0.25, 0.3) is 11.0 Å². The zero-order valence-corrected chi connectivity index (χ0v) is 15.5. The highest BCUT2D eigenvalue weighted by molar-refractivity contribution is 5.89. The molecule has 0 aliphatic rings. The summed E-state index contributed by atoms with van der Waals surface area (Å²) in [5.41, 5.74) is 1.62. The second-order valence-corrected chi connectivity index (χ2v) is 6.14. The van der Waals surface area contributed by atoms with E-state index in [0.717, 1.165) is 5.56 Å². The van der Waals surface area contributed by atoms with Crippen LogP contribution in [0.5, 0.6) is 5.75 Å². The van der Waals surface area contributed by atoms with Crippen LogP contribution >= 0.6 is 0 Å². The maximum atomic E-state index is 12.3. The van der Waals surface area contributed by atoms with Gasteiger partial charge in [0.15, 0.2) is 0 Å². The number of amides is 1. The lowest BCUT2D eigenvalue weighted by Crippen LogP contribution is -2.18. The molecule has 28 heavy (non-hydrogen) atoms. The molecule has 0 fully saturated rings. The number of fused-ring (bicyclic) bond motifs is 1. The molecule has 1 heterocycles. The van der Waals surface area contributed by atoms with Crippen LogP contribution in [0.2, 0.25) is 0 Å². The summed E-state index contributed by atoms with van der Waals surface area (Å²) in [6.07, 6.45) is 0. The van der Waals surface area contributed by atoms with Gasteiger partial charge >= 0.3 is 11.6 Å². The van der Waals surface area contributed by atoms with Crippen molar-refractivity contribution in [3.63, 3.8) is 0 Å². The van der Waals surface area contributed by atoms with E-state index in [1.807, 2.05) is 0 Å². The molecule has 3 rings (SSSR count). The first-order valence-electron chi connectivity index (χ1n) is 8.57. The molecular formula is C21H19NO6. The summed E-state index contributed by atoms with van der Waals surface area (Å²) < 4.78 is 15.7. The van der Waals surface area contributed by atoms with Gasteiger partial charge in [-0.1, -0.05) is 12.1 Å². The molecule has 7 heteroatoms. The first-order valence-corrected chi connectivity index (χ1v) is 8.57. The SMILES string of the molecule is COc1ccc2c(COC(=O)c3ccc(CNC(C)=O)cc3)cc(=O)oc2c1. The molecule has 2 aromatic carbocycles. The molecule has 0 saturated heterocycles. The van der Waals surface area contributed by atoms with Crippen molar-refractivity contribution in [1.29, 1.82) is 0 Å². The van der Waals surface area contributed by atoms with E-state index in [9.17, 15) is 14.4 Å². The van der Waals surface area contributed by atoms with E-state index >= 15 is 0 Å². The van der Waals surface area contributed by atoms with Crippen molar-refractivity contribution >= 4 is 22.8 Å². The third-order valence-corrected chi connectivity index (χ3v) is 4.13. The Kier molecular flexibility index (Phi) is 5.74. The number of hydrogen-bond donors (Lipinski definition) is 1. The molecule has 0 aliphatic heterocycles. The maximum absolute atomic E-state index is 12.3. The van der Waals surface area contributed by atoms with Crippen molar-refractivity contribution in [3.05, 3.63) is 75.6 Å². The van der Waals surface area contributed by atoms with E-state index in [1.165, 1.54) is 20.1 Å².